The zero-order chi connectivity index (χ0) is 18.1. The van der Waals surface area contributed by atoms with Crippen LogP contribution in [0.2, 0.25) is 0 Å². The zero-order valence-electron chi connectivity index (χ0n) is 14.3. The van der Waals surface area contributed by atoms with Crippen molar-refractivity contribution in [1.29, 1.82) is 0 Å². The summed E-state index contributed by atoms with van der Waals surface area (Å²) in [6.07, 6.45) is 1.72. The summed E-state index contributed by atoms with van der Waals surface area (Å²) < 4.78 is 5.34. The van der Waals surface area contributed by atoms with Gasteiger partial charge in [0.15, 0.2) is 0 Å². The lowest BCUT2D eigenvalue weighted by atomic mass is 10.2. The van der Waals surface area contributed by atoms with Gasteiger partial charge < -0.3 is 15.0 Å². The van der Waals surface area contributed by atoms with Crippen LogP contribution in [0.25, 0.3) is 0 Å². The third-order valence-corrected chi connectivity index (χ3v) is 3.44. The van der Waals surface area contributed by atoms with Gasteiger partial charge in [-0.2, -0.15) is 0 Å². The molecule has 0 spiro atoms. The summed E-state index contributed by atoms with van der Waals surface area (Å²) in [6.45, 7) is 6.02. The van der Waals surface area contributed by atoms with Crippen LogP contribution in [-0.2, 0) is 20.9 Å². The van der Waals surface area contributed by atoms with Crippen LogP contribution in [0.1, 0.15) is 12.5 Å². The molecule has 0 atom stereocenters. The minimum Gasteiger partial charge on any atom is -0.459 e. The summed E-state index contributed by atoms with van der Waals surface area (Å²) in [5.41, 5.74) is 2.43. The van der Waals surface area contributed by atoms with Crippen molar-refractivity contribution in [2.24, 2.45) is 0 Å². The van der Waals surface area contributed by atoms with Crippen molar-refractivity contribution in [2.75, 3.05) is 23.3 Å². The molecular weight excluding hydrogens is 316 g/mol. The quantitative estimate of drug-likeness (QED) is 0.592. The molecule has 0 aliphatic heterocycles. The number of hydrogen-bond acceptors (Lipinski definition) is 4. The number of carbonyl (C=O) groups excluding carboxylic acids is 2. The van der Waals surface area contributed by atoms with E-state index in [1.165, 1.54) is 6.92 Å². The molecular formula is C20H22N2O3. The van der Waals surface area contributed by atoms with E-state index < -0.39 is 0 Å². The maximum Gasteiger partial charge on any atom is 0.325 e. The Morgan fingerprint density at radius 1 is 1.16 bits per heavy atom. The van der Waals surface area contributed by atoms with Crippen LogP contribution in [0.15, 0.2) is 67.3 Å². The third-order valence-electron chi connectivity index (χ3n) is 3.44. The number of nitrogens with zero attached hydrogens (tertiary/aromatic N) is 1. The van der Waals surface area contributed by atoms with Crippen LogP contribution in [0.5, 0.6) is 0 Å². The number of rotatable bonds is 8. The highest BCUT2D eigenvalue weighted by Crippen LogP contribution is 2.19. The average molecular weight is 338 g/mol. The van der Waals surface area contributed by atoms with Crippen LogP contribution in [0.4, 0.5) is 11.4 Å². The lowest BCUT2D eigenvalue weighted by molar-refractivity contribution is -0.143. The zero-order valence-corrected chi connectivity index (χ0v) is 14.3. The minimum atomic E-state index is -0.323. The Kier molecular flexibility index (Phi) is 6.77. The largest absolute Gasteiger partial charge is 0.459 e. The van der Waals surface area contributed by atoms with E-state index in [2.05, 4.69) is 11.9 Å². The van der Waals surface area contributed by atoms with E-state index in [-0.39, 0.29) is 25.0 Å². The SMILES string of the molecule is C=CCN(CC(=O)OCc1ccccc1)c1cccc(NC(C)=O)c1. The molecule has 0 unspecified atom stereocenters. The summed E-state index contributed by atoms with van der Waals surface area (Å²) in [7, 11) is 0. The monoisotopic (exact) mass is 338 g/mol. The summed E-state index contributed by atoms with van der Waals surface area (Å²) in [5, 5.41) is 2.73. The van der Waals surface area contributed by atoms with Crippen molar-refractivity contribution in [3.8, 4) is 0 Å². The number of ether oxygens (including phenoxy) is 1. The molecule has 0 saturated heterocycles. The molecule has 0 aliphatic carbocycles. The normalized spacial score (nSPS) is 9.96. The van der Waals surface area contributed by atoms with Gasteiger partial charge in [0.1, 0.15) is 13.2 Å². The maximum absolute atomic E-state index is 12.2. The van der Waals surface area contributed by atoms with Crippen molar-refractivity contribution in [3.05, 3.63) is 72.8 Å². The number of amides is 1. The highest BCUT2D eigenvalue weighted by molar-refractivity contribution is 5.89. The van der Waals surface area contributed by atoms with Gasteiger partial charge >= 0.3 is 5.97 Å². The minimum absolute atomic E-state index is 0.0996. The fourth-order valence-corrected chi connectivity index (χ4v) is 2.34. The molecule has 1 amide bonds. The molecule has 0 bridgehead atoms. The first-order valence-corrected chi connectivity index (χ1v) is 8.01. The Labute approximate surface area is 147 Å². The second kappa shape index (κ2) is 9.27. The second-order valence-corrected chi connectivity index (χ2v) is 5.55. The van der Waals surface area contributed by atoms with Crippen LogP contribution >= 0.6 is 0 Å². The number of hydrogen-bond donors (Lipinski definition) is 1. The molecule has 1 N–H and O–H groups in total. The molecule has 0 saturated carbocycles. The standard InChI is InChI=1S/C20H22N2O3/c1-3-12-22(19-11-7-10-18(13-19)21-16(2)23)14-20(24)25-15-17-8-5-4-6-9-17/h3-11,13H,1,12,14-15H2,2H3,(H,21,23). The van der Waals surface area contributed by atoms with Crippen molar-refractivity contribution >= 4 is 23.3 Å². The molecule has 0 radical (unpaired) electrons. The van der Waals surface area contributed by atoms with Crippen molar-refractivity contribution < 1.29 is 14.3 Å². The van der Waals surface area contributed by atoms with Gasteiger partial charge in [-0.3, -0.25) is 9.59 Å². The van der Waals surface area contributed by atoms with Crippen molar-refractivity contribution in [3.63, 3.8) is 0 Å². The highest BCUT2D eigenvalue weighted by atomic mass is 16.5. The smallest absolute Gasteiger partial charge is 0.325 e. The Morgan fingerprint density at radius 3 is 2.60 bits per heavy atom. The fraction of sp³-hybridized carbons (Fsp3) is 0.200. The molecule has 0 aliphatic rings. The van der Waals surface area contributed by atoms with E-state index in [1.807, 2.05) is 53.4 Å². The molecule has 2 rings (SSSR count). The van der Waals surface area contributed by atoms with Gasteiger partial charge in [-0.1, -0.05) is 42.5 Å². The lowest BCUT2D eigenvalue weighted by Gasteiger charge is -2.23. The first-order valence-electron chi connectivity index (χ1n) is 8.01. The van der Waals surface area contributed by atoms with Crippen LogP contribution in [-0.4, -0.2) is 25.0 Å². The van der Waals surface area contributed by atoms with Gasteiger partial charge in [0, 0.05) is 24.8 Å². The fourth-order valence-electron chi connectivity index (χ4n) is 2.34. The summed E-state index contributed by atoms with van der Waals surface area (Å²) in [6, 6.07) is 16.9. The molecule has 0 aromatic heterocycles. The van der Waals surface area contributed by atoms with Gasteiger partial charge in [0.25, 0.3) is 0 Å². The van der Waals surface area contributed by atoms with Gasteiger partial charge in [-0.25, -0.2) is 0 Å². The highest BCUT2D eigenvalue weighted by Gasteiger charge is 2.12. The second-order valence-electron chi connectivity index (χ2n) is 5.55. The molecule has 5 heteroatoms. The summed E-state index contributed by atoms with van der Waals surface area (Å²) in [4.78, 5) is 25.2. The molecule has 2 aromatic rings. The Hall–Kier alpha value is -3.08. The predicted octanol–water partition coefficient (Wildman–Crippen LogP) is 3.38. The topological polar surface area (TPSA) is 58.6 Å². The molecule has 5 nitrogen and oxygen atoms in total. The average Bonchev–Trinajstić information content (AvgIpc) is 2.60. The van der Waals surface area contributed by atoms with E-state index in [9.17, 15) is 9.59 Å². The van der Waals surface area contributed by atoms with Crippen LogP contribution < -0.4 is 10.2 Å². The number of carbonyl (C=O) groups is 2. The van der Waals surface area contributed by atoms with Crippen LogP contribution in [0, 0.1) is 0 Å². The first kappa shape index (κ1) is 18.3. The molecule has 130 valence electrons. The van der Waals surface area contributed by atoms with E-state index in [4.69, 9.17) is 4.74 Å². The third kappa shape index (κ3) is 6.14. The van der Waals surface area contributed by atoms with Crippen molar-refractivity contribution in [1.82, 2.24) is 0 Å². The van der Waals surface area contributed by atoms with E-state index in [0.717, 1.165) is 11.3 Å². The molecule has 0 fully saturated rings. The number of esters is 1. The Morgan fingerprint density at radius 2 is 1.92 bits per heavy atom. The number of anilines is 2. The lowest BCUT2D eigenvalue weighted by Crippen LogP contribution is -2.31. The first-order chi connectivity index (χ1) is 12.1. The number of nitrogens with one attached hydrogen (secondary N) is 1. The van der Waals surface area contributed by atoms with E-state index >= 15 is 0 Å². The number of benzene rings is 2. The van der Waals surface area contributed by atoms with E-state index in [1.54, 1.807) is 12.1 Å². The summed E-state index contributed by atoms with van der Waals surface area (Å²) >= 11 is 0. The summed E-state index contributed by atoms with van der Waals surface area (Å²) in [5.74, 6) is -0.467. The van der Waals surface area contributed by atoms with E-state index in [0.29, 0.717) is 12.2 Å². The molecule has 0 heterocycles. The van der Waals surface area contributed by atoms with Crippen molar-refractivity contribution in [2.45, 2.75) is 13.5 Å². The van der Waals surface area contributed by atoms with Gasteiger partial charge in [0.2, 0.25) is 5.91 Å². The predicted molar refractivity (Wildman–Crippen MR) is 99.4 cm³/mol. The van der Waals surface area contributed by atoms with Gasteiger partial charge in [-0.05, 0) is 23.8 Å². The van der Waals surface area contributed by atoms with Crippen LogP contribution in [0.3, 0.4) is 0 Å². The Bertz CT molecular complexity index is 729. The maximum atomic E-state index is 12.2. The van der Waals surface area contributed by atoms with Gasteiger partial charge in [-0.15, -0.1) is 6.58 Å². The van der Waals surface area contributed by atoms with Gasteiger partial charge in [0.05, 0.1) is 0 Å². The Balaban J connectivity index is 2.01. The molecule has 2 aromatic carbocycles. The molecule has 25 heavy (non-hydrogen) atoms.